The van der Waals surface area contributed by atoms with Gasteiger partial charge in [0.15, 0.2) is 6.10 Å². The molecule has 1 aromatic heterocycles. The molecule has 1 N–H and O–H groups in total. The fourth-order valence-corrected chi connectivity index (χ4v) is 1.44. The molecule has 0 saturated carbocycles. The van der Waals surface area contributed by atoms with Crippen molar-refractivity contribution in [2.24, 2.45) is 0 Å². The maximum absolute atomic E-state index is 9.44. The molecule has 3 nitrogen and oxygen atoms in total. The highest BCUT2D eigenvalue weighted by Gasteiger charge is 2.09. The lowest BCUT2D eigenvalue weighted by molar-refractivity contribution is 0.237. The molecule has 2 rings (SSSR count). The lowest BCUT2D eigenvalue weighted by Crippen LogP contribution is -1.94. The lowest BCUT2D eigenvalue weighted by Gasteiger charge is -2.05. The van der Waals surface area contributed by atoms with E-state index in [-0.39, 0.29) is 12.4 Å². The third-order valence-corrected chi connectivity index (χ3v) is 2.10. The van der Waals surface area contributed by atoms with Gasteiger partial charge in [-0.05, 0) is 12.1 Å². The lowest BCUT2D eigenvalue weighted by atomic mass is 10.0. The highest BCUT2D eigenvalue weighted by molar-refractivity contribution is 5.85. The van der Waals surface area contributed by atoms with E-state index in [0.29, 0.717) is 5.56 Å². The van der Waals surface area contributed by atoms with E-state index in [1.807, 2.05) is 12.1 Å². The number of rotatable bonds is 1. The summed E-state index contributed by atoms with van der Waals surface area (Å²) in [5.41, 5.74) is 1.40. The van der Waals surface area contributed by atoms with Gasteiger partial charge in [0.1, 0.15) is 0 Å². The molecule has 0 saturated heterocycles. The SMILES string of the molecule is Cl.N#CC(O)c1cccc2ncccc12. The molecule has 15 heavy (non-hydrogen) atoms. The van der Waals surface area contributed by atoms with Gasteiger partial charge in [-0.15, -0.1) is 12.4 Å². The number of fused-ring (bicyclic) bond motifs is 1. The zero-order valence-corrected chi connectivity index (χ0v) is 8.61. The average molecular weight is 221 g/mol. The van der Waals surface area contributed by atoms with Crippen LogP contribution < -0.4 is 0 Å². The number of benzene rings is 1. The van der Waals surface area contributed by atoms with Crippen molar-refractivity contribution in [1.82, 2.24) is 4.98 Å². The van der Waals surface area contributed by atoms with Crippen LogP contribution >= 0.6 is 12.4 Å². The first-order valence-corrected chi connectivity index (χ1v) is 4.24. The van der Waals surface area contributed by atoms with Gasteiger partial charge in [-0.1, -0.05) is 18.2 Å². The van der Waals surface area contributed by atoms with E-state index in [1.165, 1.54) is 0 Å². The molecule has 1 unspecified atom stereocenters. The van der Waals surface area contributed by atoms with Crippen molar-refractivity contribution in [2.45, 2.75) is 6.10 Å². The summed E-state index contributed by atoms with van der Waals surface area (Å²) in [6.07, 6.45) is 0.605. The third kappa shape index (κ3) is 2.07. The van der Waals surface area contributed by atoms with E-state index < -0.39 is 6.10 Å². The van der Waals surface area contributed by atoms with E-state index in [1.54, 1.807) is 30.5 Å². The van der Waals surface area contributed by atoms with Crippen molar-refractivity contribution in [2.75, 3.05) is 0 Å². The number of aliphatic hydroxyl groups is 1. The standard InChI is InChI=1S/C11H8N2O.ClH/c12-7-11(14)9-3-1-5-10-8(9)4-2-6-13-10;/h1-6,11,14H;1H. The highest BCUT2D eigenvalue weighted by atomic mass is 35.5. The molecule has 0 aliphatic carbocycles. The second-order valence-corrected chi connectivity index (χ2v) is 2.95. The number of hydrogen-bond acceptors (Lipinski definition) is 3. The number of nitriles is 1. The Hall–Kier alpha value is -1.63. The van der Waals surface area contributed by atoms with Crippen molar-refractivity contribution >= 4 is 23.3 Å². The molecule has 4 heteroatoms. The van der Waals surface area contributed by atoms with E-state index in [4.69, 9.17) is 5.26 Å². The fourth-order valence-electron chi connectivity index (χ4n) is 1.44. The smallest absolute Gasteiger partial charge is 0.166 e. The first-order chi connectivity index (χ1) is 6.83. The molecule has 0 radical (unpaired) electrons. The zero-order valence-electron chi connectivity index (χ0n) is 7.79. The minimum absolute atomic E-state index is 0. The predicted octanol–water partition coefficient (Wildman–Crippen LogP) is 2.21. The third-order valence-electron chi connectivity index (χ3n) is 2.10. The van der Waals surface area contributed by atoms with Gasteiger partial charge in [0, 0.05) is 17.1 Å². The average Bonchev–Trinajstić information content (AvgIpc) is 2.27. The van der Waals surface area contributed by atoms with E-state index >= 15 is 0 Å². The summed E-state index contributed by atoms with van der Waals surface area (Å²) in [7, 11) is 0. The number of nitrogens with zero attached hydrogens (tertiary/aromatic N) is 2. The molecular weight excluding hydrogens is 212 g/mol. The molecule has 1 aromatic carbocycles. The molecule has 0 bridgehead atoms. The number of aliphatic hydroxyl groups excluding tert-OH is 1. The van der Waals surface area contributed by atoms with Crippen LogP contribution in [0.3, 0.4) is 0 Å². The molecule has 0 fully saturated rings. The van der Waals surface area contributed by atoms with Crippen LogP contribution in [0.2, 0.25) is 0 Å². The van der Waals surface area contributed by atoms with Gasteiger partial charge in [-0.25, -0.2) is 0 Å². The van der Waals surface area contributed by atoms with Crippen LogP contribution in [0.5, 0.6) is 0 Å². The van der Waals surface area contributed by atoms with Crippen molar-refractivity contribution in [1.29, 1.82) is 5.26 Å². The Morgan fingerprint density at radius 1 is 1.27 bits per heavy atom. The Balaban J connectivity index is 0.00000112. The van der Waals surface area contributed by atoms with Crippen LogP contribution in [0, 0.1) is 11.3 Å². The van der Waals surface area contributed by atoms with E-state index in [9.17, 15) is 5.11 Å². The van der Waals surface area contributed by atoms with Gasteiger partial charge < -0.3 is 5.11 Å². The van der Waals surface area contributed by atoms with Gasteiger partial charge >= 0.3 is 0 Å². The van der Waals surface area contributed by atoms with Crippen LogP contribution in [0.15, 0.2) is 36.5 Å². The van der Waals surface area contributed by atoms with Crippen molar-refractivity contribution in [3.05, 3.63) is 42.1 Å². The van der Waals surface area contributed by atoms with E-state index in [2.05, 4.69) is 4.98 Å². The Kier molecular flexibility index (Phi) is 3.62. The van der Waals surface area contributed by atoms with Crippen molar-refractivity contribution < 1.29 is 5.11 Å². The topological polar surface area (TPSA) is 56.9 Å². The van der Waals surface area contributed by atoms with Crippen LogP contribution in [0.25, 0.3) is 10.9 Å². The maximum Gasteiger partial charge on any atom is 0.166 e. The normalized spacial score (nSPS) is 11.5. The second-order valence-electron chi connectivity index (χ2n) is 2.95. The fraction of sp³-hybridized carbons (Fsp3) is 0.0909. The summed E-state index contributed by atoms with van der Waals surface area (Å²) in [5.74, 6) is 0. The summed E-state index contributed by atoms with van der Waals surface area (Å²) in [6, 6.07) is 10.8. The van der Waals surface area contributed by atoms with Gasteiger partial charge in [0.2, 0.25) is 0 Å². The van der Waals surface area contributed by atoms with Crippen molar-refractivity contribution in [3.8, 4) is 6.07 Å². The summed E-state index contributed by atoms with van der Waals surface area (Å²) < 4.78 is 0. The first-order valence-electron chi connectivity index (χ1n) is 4.24. The molecule has 2 aromatic rings. The first kappa shape index (κ1) is 11.4. The van der Waals surface area contributed by atoms with Crippen LogP contribution in [-0.2, 0) is 0 Å². The largest absolute Gasteiger partial charge is 0.374 e. The molecule has 0 aliphatic heterocycles. The van der Waals surface area contributed by atoms with Crippen LogP contribution in [0.4, 0.5) is 0 Å². The predicted molar refractivity (Wildman–Crippen MR) is 59.6 cm³/mol. The monoisotopic (exact) mass is 220 g/mol. The van der Waals surface area contributed by atoms with Gasteiger partial charge in [-0.3, -0.25) is 4.98 Å². The van der Waals surface area contributed by atoms with Gasteiger partial charge in [-0.2, -0.15) is 5.26 Å². The molecule has 0 amide bonds. The molecule has 76 valence electrons. The summed E-state index contributed by atoms with van der Waals surface area (Å²) in [6.45, 7) is 0. The number of hydrogen-bond donors (Lipinski definition) is 1. The molecule has 0 aliphatic rings. The minimum atomic E-state index is -1.08. The van der Waals surface area contributed by atoms with E-state index in [0.717, 1.165) is 10.9 Å². The molecular formula is C11H9ClN2O. The zero-order chi connectivity index (χ0) is 9.97. The summed E-state index contributed by atoms with van der Waals surface area (Å²) in [5, 5.41) is 18.9. The van der Waals surface area contributed by atoms with Gasteiger partial charge in [0.25, 0.3) is 0 Å². The quantitative estimate of drug-likeness (QED) is 0.750. The maximum atomic E-state index is 9.44. The molecule has 1 atom stereocenters. The Morgan fingerprint density at radius 3 is 2.80 bits per heavy atom. The number of halogens is 1. The summed E-state index contributed by atoms with van der Waals surface area (Å²) in [4.78, 5) is 4.14. The summed E-state index contributed by atoms with van der Waals surface area (Å²) >= 11 is 0. The van der Waals surface area contributed by atoms with Crippen molar-refractivity contribution in [3.63, 3.8) is 0 Å². The molecule has 0 spiro atoms. The number of aromatic nitrogens is 1. The highest BCUT2D eigenvalue weighted by Crippen LogP contribution is 2.21. The second kappa shape index (κ2) is 4.74. The minimum Gasteiger partial charge on any atom is -0.374 e. The molecule has 1 heterocycles. The number of pyridine rings is 1. The van der Waals surface area contributed by atoms with Gasteiger partial charge in [0.05, 0.1) is 11.6 Å². The Bertz CT molecular complexity index is 502. The Labute approximate surface area is 93.4 Å². The van der Waals surface area contributed by atoms with Crippen LogP contribution in [0.1, 0.15) is 11.7 Å². The van der Waals surface area contributed by atoms with Crippen LogP contribution in [-0.4, -0.2) is 10.1 Å². The Morgan fingerprint density at radius 2 is 2.07 bits per heavy atom.